The fourth-order valence-corrected chi connectivity index (χ4v) is 2.58. The summed E-state index contributed by atoms with van der Waals surface area (Å²) in [6, 6.07) is 8.03. The van der Waals surface area contributed by atoms with E-state index in [1.165, 1.54) is 5.69 Å². The van der Waals surface area contributed by atoms with Crippen LogP contribution in [0.25, 0.3) is 0 Å². The van der Waals surface area contributed by atoms with Gasteiger partial charge in [-0.1, -0.05) is 6.08 Å². The molecule has 4 heteroatoms. The second-order valence-corrected chi connectivity index (χ2v) is 5.37. The van der Waals surface area contributed by atoms with Crippen LogP contribution < -0.4 is 10.2 Å². The number of carbonyl (C=O) groups excluding carboxylic acids is 1. The number of ether oxygens (including phenoxy) is 1. The van der Waals surface area contributed by atoms with Gasteiger partial charge in [-0.25, -0.2) is 0 Å². The standard InChI is InChI=1S/C17H24N2O2/c1-3-4-7-17(20)18-14-8-10-15(11-9-14)19-12-5-6-16(13-19)21-2/h3,8-11,16H,1,4-7,12-13H2,2H3,(H,18,20). The molecule has 1 atom stereocenters. The zero-order valence-electron chi connectivity index (χ0n) is 12.7. The van der Waals surface area contributed by atoms with Crippen LogP contribution in [0, 0.1) is 0 Å². The minimum Gasteiger partial charge on any atom is -0.380 e. The predicted octanol–water partition coefficient (Wildman–Crippen LogP) is 3.21. The summed E-state index contributed by atoms with van der Waals surface area (Å²) in [5, 5.41) is 2.90. The molecule has 0 radical (unpaired) electrons. The summed E-state index contributed by atoms with van der Waals surface area (Å²) in [7, 11) is 1.77. The highest BCUT2D eigenvalue weighted by atomic mass is 16.5. The van der Waals surface area contributed by atoms with E-state index in [2.05, 4.69) is 28.9 Å². The lowest BCUT2D eigenvalue weighted by Crippen LogP contribution is -2.39. The Morgan fingerprint density at radius 2 is 2.24 bits per heavy atom. The molecule has 0 aromatic heterocycles. The van der Waals surface area contributed by atoms with E-state index < -0.39 is 0 Å². The van der Waals surface area contributed by atoms with Gasteiger partial charge in [-0.3, -0.25) is 4.79 Å². The molecule has 1 aromatic rings. The van der Waals surface area contributed by atoms with Crippen LogP contribution in [-0.2, 0) is 9.53 Å². The SMILES string of the molecule is C=CCCC(=O)Nc1ccc(N2CCCC(OC)C2)cc1. The zero-order valence-corrected chi connectivity index (χ0v) is 12.7. The molecule has 1 saturated heterocycles. The molecule has 1 unspecified atom stereocenters. The summed E-state index contributed by atoms with van der Waals surface area (Å²) in [4.78, 5) is 14.0. The van der Waals surface area contributed by atoms with Crippen LogP contribution in [0.2, 0.25) is 0 Å². The first-order chi connectivity index (χ1) is 10.2. The number of benzene rings is 1. The minimum absolute atomic E-state index is 0.0278. The van der Waals surface area contributed by atoms with Gasteiger partial charge in [-0.2, -0.15) is 0 Å². The normalized spacial score (nSPS) is 18.3. The fraction of sp³-hybridized carbons (Fsp3) is 0.471. The van der Waals surface area contributed by atoms with E-state index in [1.54, 1.807) is 13.2 Å². The molecular formula is C17H24N2O2. The predicted molar refractivity (Wildman–Crippen MR) is 86.7 cm³/mol. The monoisotopic (exact) mass is 288 g/mol. The van der Waals surface area contributed by atoms with Crippen molar-refractivity contribution in [1.29, 1.82) is 0 Å². The Morgan fingerprint density at radius 3 is 2.90 bits per heavy atom. The number of allylic oxidation sites excluding steroid dienone is 1. The maximum absolute atomic E-state index is 11.7. The Morgan fingerprint density at radius 1 is 1.48 bits per heavy atom. The number of hydrogen-bond acceptors (Lipinski definition) is 3. The molecule has 1 N–H and O–H groups in total. The van der Waals surface area contributed by atoms with E-state index in [9.17, 15) is 4.79 Å². The first-order valence-corrected chi connectivity index (χ1v) is 7.51. The van der Waals surface area contributed by atoms with Gasteiger partial charge < -0.3 is 15.0 Å². The van der Waals surface area contributed by atoms with Crippen LogP contribution in [0.15, 0.2) is 36.9 Å². The smallest absolute Gasteiger partial charge is 0.224 e. The van der Waals surface area contributed by atoms with Crippen molar-refractivity contribution in [3.05, 3.63) is 36.9 Å². The Labute approximate surface area is 126 Å². The van der Waals surface area contributed by atoms with E-state index in [-0.39, 0.29) is 5.91 Å². The summed E-state index contributed by atoms with van der Waals surface area (Å²) in [6.07, 6.45) is 5.54. The summed E-state index contributed by atoms with van der Waals surface area (Å²) in [5.74, 6) is 0.0278. The molecule has 0 spiro atoms. The highest BCUT2D eigenvalue weighted by molar-refractivity contribution is 5.90. The molecule has 114 valence electrons. The van der Waals surface area contributed by atoms with Crippen LogP contribution in [-0.4, -0.2) is 32.2 Å². The maximum atomic E-state index is 11.7. The third-order valence-electron chi connectivity index (χ3n) is 3.80. The Balaban J connectivity index is 1.92. The Bertz CT molecular complexity index is 470. The summed E-state index contributed by atoms with van der Waals surface area (Å²) in [6.45, 7) is 5.61. The third kappa shape index (κ3) is 4.60. The summed E-state index contributed by atoms with van der Waals surface area (Å²) < 4.78 is 5.45. The van der Waals surface area contributed by atoms with Gasteiger partial charge in [0.2, 0.25) is 5.91 Å². The van der Waals surface area contributed by atoms with Crippen LogP contribution in [0.5, 0.6) is 0 Å². The van der Waals surface area contributed by atoms with Gasteiger partial charge >= 0.3 is 0 Å². The van der Waals surface area contributed by atoms with Crippen LogP contribution in [0.1, 0.15) is 25.7 Å². The third-order valence-corrected chi connectivity index (χ3v) is 3.80. The second-order valence-electron chi connectivity index (χ2n) is 5.37. The molecular weight excluding hydrogens is 264 g/mol. The molecule has 1 aliphatic rings. The van der Waals surface area contributed by atoms with E-state index in [0.717, 1.165) is 31.6 Å². The van der Waals surface area contributed by atoms with Crippen molar-refractivity contribution in [2.75, 3.05) is 30.4 Å². The number of anilines is 2. The van der Waals surface area contributed by atoms with Gasteiger partial charge in [0.15, 0.2) is 0 Å². The minimum atomic E-state index is 0.0278. The van der Waals surface area contributed by atoms with Crippen molar-refractivity contribution in [3.63, 3.8) is 0 Å². The molecule has 2 rings (SSSR count). The maximum Gasteiger partial charge on any atom is 0.224 e. The molecule has 0 aliphatic carbocycles. The molecule has 0 bridgehead atoms. The first-order valence-electron chi connectivity index (χ1n) is 7.51. The number of piperidine rings is 1. The molecule has 1 fully saturated rings. The lowest BCUT2D eigenvalue weighted by molar-refractivity contribution is -0.116. The summed E-state index contributed by atoms with van der Waals surface area (Å²) >= 11 is 0. The lowest BCUT2D eigenvalue weighted by Gasteiger charge is -2.33. The molecule has 1 amide bonds. The van der Waals surface area contributed by atoms with Gasteiger partial charge in [-0.05, 0) is 43.5 Å². The average Bonchev–Trinajstić information content (AvgIpc) is 2.53. The van der Waals surface area contributed by atoms with E-state index in [1.807, 2.05) is 12.1 Å². The highest BCUT2D eigenvalue weighted by Gasteiger charge is 2.19. The molecule has 4 nitrogen and oxygen atoms in total. The van der Waals surface area contributed by atoms with Crippen molar-refractivity contribution in [3.8, 4) is 0 Å². The van der Waals surface area contributed by atoms with E-state index in [4.69, 9.17) is 4.74 Å². The number of nitrogens with zero attached hydrogens (tertiary/aromatic N) is 1. The van der Waals surface area contributed by atoms with Gasteiger partial charge in [-0.15, -0.1) is 6.58 Å². The largest absolute Gasteiger partial charge is 0.380 e. The molecule has 1 aromatic carbocycles. The van der Waals surface area contributed by atoms with Gasteiger partial charge in [0.25, 0.3) is 0 Å². The van der Waals surface area contributed by atoms with E-state index >= 15 is 0 Å². The van der Waals surface area contributed by atoms with Crippen molar-refractivity contribution >= 4 is 17.3 Å². The quantitative estimate of drug-likeness (QED) is 0.817. The van der Waals surface area contributed by atoms with Crippen molar-refractivity contribution in [1.82, 2.24) is 0 Å². The van der Waals surface area contributed by atoms with Crippen molar-refractivity contribution in [2.24, 2.45) is 0 Å². The fourth-order valence-electron chi connectivity index (χ4n) is 2.58. The number of carbonyl (C=O) groups is 1. The highest BCUT2D eigenvalue weighted by Crippen LogP contribution is 2.23. The number of rotatable bonds is 6. The lowest BCUT2D eigenvalue weighted by atomic mass is 10.1. The van der Waals surface area contributed by atoms with Gasteiger partial charge in [0, 0.05) is 38.0 Å². The Kier molecular flexibility index (Phi) is 5.81. The van der Waals surface area contributed by atoms with Gasteiger partial charge in [0.05, 0.1) is 6.10 Å². The molecule has 21 heavy (non-hydrogen) atoms. The summed E-state index contributed by atoms with van der Waals surface area (Å²) in [5.41, 5.74) is 2.02. The van der Waals surface area contributed by atoms with Crippen LogP contribution in [0.4, 0.5) is 11.4 Å². The van der Waals surface area contributed by atoms with Crippen molar-refractivity contribution < 1.29 is 9.53 Å². The number of amides is 1. The average molecular weight is 288 g/mol. The van der Waals surface area contributed by atoms with Gasteiger partial charge in [0.1, 0.15) is 0 Å². The van der Waals surface area contributed by atoms with Crippen molar-refractivity contribution in [2.45, 2.75) is 31.8 Å². The van der Waals surface area contributed by atoms with Crippen LogP contribution in [0.3, 0.4) is 0 Å². The topological polar surface area (TPSA) is 41.6 Å². The van der Waals surface area contributed by atoms with E-state index in [0.29, 0.717) is 18.9 Å². The number of methoxy groups -OCH3 is 1. The van der Waals surface area contributed by atoms with Crippen LogP contribution >= 0.6 is 0 Å². The molecule has 0 saturated carbocycles. The number of hydrogen-bond donors (Lipinski definition) is 1. The number of nitrogens with one attached hydrogen (secondary N) is 1. The second kappa shape index (κ2) is 7.84. The zero-order chi connectivity index (χ0) is 15.1. The molecule has 1 aliphatic heterocycles. The first kappa shape index (κ1) is 15.6. The Hall–Kier alpha value is -1.81. The molecule has 1 heterocycles.